The predicted molar refractivity (Wildman–Crippen MR) is 114 cm³/mol. The van der Waals surface area contributed by atoms with Gasteiger partial charge in [0.15, 0.2) is 0 Å². The maximum absolute atomic E-state index is 11.4. The Morgan fingerprint density at radius 2 is 1.97 bits per heavy atom. The third-order valence-corrected chi connectivity index (χ3v) is 6.17. The van der Waals surface area contributed by atoms with Crippen LogP contribution >= 0.6 is 0 Å². The van der Waals surface area contributed by atoms with Crippen LogP contribution in [-0.2, 0) is 9.47 Å². The molecule has 0 saturated heterocycles. The molecular weight excluding hydrogens is 378 g/mol. The van der Waals surface area contributed by atoms with E-state index in [1.165, 1.54) is 5.57 Å². The number of hydrogen-bond acceptors (Lipinski definition) is 5. The van der Waals surface area contributed by atoms with Crippen molar-refractivity contribution >= 4 is 11.5 Å². The fraction of sp³-hybridized carbons (Fsp3) is 0.333. The van der Waals surface area contributed by atoms with Gasteiger partial charge in [0.2, 0.25) is 5.91 Å². The molecule has 2 heterocycles. The molecule has 0 saturated carbocycles. The van der Waals surface area contributed by atoms with Crippen LogP contribution in [-0.4, -0.2) is 37.2 Å². The summed E-state index contributed by atoms with van der Waals surface area (Å²) < 4.78 is 11.1. The van der Waals surface area contributed by atoms with E-state index in [0.717, 1.165) is 40.3 Å². The highest BCUT2D eigenvalue weighted by atomic mass is 16.5. The number of ether oxygens (including phenoxy) is 2. The summed E-state index contributed by atoms with van der Waals surface area (Å²) in [5.41, 5.74) is 12.0. The lowest BCUT2D eigenvalue weighted by Crippen LogP contribution is -2.36. The predicted octanol–water partition coefficient (Wildman–Crippen LogP) is 3.50. The molecule has 0 radical (unpaired) electrons. The number of benzene rings is 1. The molecule has 0 bridgehead atoms. The Morgan fingerprint density at radius 1 is 1.27 bits per heavy atom. The maximum Gasteiger partial charge on any atom is 0.248 e. The minimum atomic E-state index is -0.464. The van der Waals surface area contributed by atoms with Crippen LogP contribution in [0.15, 0.2) is 64.7 Å². The summed E-state index contributed by atoms with van der Waals surface area (Å²) >= 11 is 0. The average Bonchev–Trinajstić information content (AvgIpc) is 3.05. The third-order valence-electron chi connectivity index (χ3n) is 6.17. The fourth-order valence-corrected chi connectivity index (χ4v) is 4.82. The number of carbonyl (C=O) groups is 1. The lowest BCUT2D eigenvalue weighted by Gasteiger charge is -2.39. The van der Waals surface area contributed by atoms with E-state index in [9.17, 15) is 10.1 Å². The minimum Gasteiger partial charge on any atom is -0.498 e. The smallest absolute Gasteiger partial charge is 0.248 e. The van der Waals surface area contributed by atoms with Crippen molar-refractivity contribution in [2.75, 3.05) is 14.2 Å². The zero-order valence-corrected chi connectivity index (χ0v) is 17.6. The molecule has 3 unspecified atom stereocenters. The minimum absolute atomic E-state index is 0.211. The molecule has 0 fully saturated rings. The van der Waals surface area contributed by atoms with Crippen LogP contribution in [0.5, 0.6) is 0 Å². The second-order valence-electron chi connectivity index (χ2n) is 7.82. The summed E-state index contributed by atoms with van der Waals surface area (Å²) in [6, 6.07) is 9.88. The zero-order valence-electron chi connectivity index (χ0n) is 17.6. The second kappa shape index (κ2) is 7.51. The number of nitrogens with zero attached hydrogens (tertiary/aromatic N) is 2. The van der Waals surface area contributed by atoms with Crippen LogP contribution in [0.25, 0.3) is 5.57 Å². The molecule has 3 aliphatic rings. The van der Waals surface area contributed by atoms with Gasteiger partial charge in [0, 0.05) is 41.3 Å². The number of amides is 1. The number of nitriles is 1. The van der Waals surface area contributed by atoms with Crippen molar-refractivity contribution in [1.82, 2.24) is 4.90 Å². The third kappa shape index (κ3) is 2.94. The molecule has 6 nitrogen and oxygen atoms in total. The lowest BCUT2D eigenvalue weighted by molar-refractivity contribution is 0.100. The van der Waals surface area contributed by atoms with Crippen molar-refractivity contribution in [3.63, 3.8) is 0 Å². The van der Waals surface area contributed by atoms with E-state index >= 15 is 0 Å². The Balaban J connectivity index is 1.87. The molecule has 154 valence electrons. The molecule has 0 aromatic heterocycles. The van der Waals surface area contributed by atoms with Gasteiger partial charge in [-0.1, -0.05) is 12.1 Å². The Hall–Kier alpha value is -3.30. The normalized spacial score (nSPS) is 25.3. The molecule has 1 aromatic rings. The Kier molecular flexibility index (Phi) is 5.00. The van der Waals surface area contributed by atoms with Gasteiger partial charge in [0.1, 0.15) is 17.8 Å². The van der Waals surface area contributed by atoms with E-state index in [4.69, 9.17) is 15.2 Å². The highest BCUT2D eigenvalue weighted by molar-refractivity contribution is 5.93. The van der Waals surface area contributed by atoms with E-state index in [0.29, 0.717) is 5.56 Å². The topological polar surface area (TPSA) is 88.6 Å². The standard InChI is InChI=1S/C24H25N3O3/c1-13-9-17-10-20(29-3)21(30-4)11-18(17)23-19(12-25)22(14(2)27(13)23)15-5-7-16(8-6-15)24(26)28/h5-8,10-11,13,19-20H,9H2,1-4H3,(H2,26,28). The number of methoxy groups -OCH3 is 2. The van der Waals surface area contributed by atoms with Crippen molar-refractivity contribution in [2.45, 2.75) is 32.4 Å². The summed E-state index contributed by atoms with van der Waals surface area (Å²) in [5, 5.41) is 10.2. The zero-order chi connectivity index (χ0) is 21.6. The van der Waals surface area contributed by atoms with Gasteiger partial charge in [0.25, 0.3) is 0 Å². The van der Waals surface area contributed by atoms with Crippen LogP contribution in [0, 0.1) is 17.2 Å². The van der Waals surface area contributed by atoms with Crippen molar-refractivity contribution < 1.29 is 14.3 Å². The summed E-state index contributed by atoms with van der Waals surface area (Å²) in [4.78, 5) is 13.7. The number of rotatable bonds is 4. The van der Waals surface area contributed by atoms with Gasteiger partial charge in [-0.25, -0.2) is 0 Å². The van der Waals surface area contributed by atoms with E-state index < -0.39 is 11.8 Å². The van der Waals surface area contributed by atoms with Crippen LogP contribution < -0.4 is 5.73 Å². The number of hydrogen-bond donors (Lipinski definition) is 1. The first kappa shape index (κ1) is 20.0. The molecule has 0 spiro atoms. The molecule has 4 rings (SSSR count). The van der Waals surface area contributed by atoms with E-state index in [1.54, 1.807) is 26.4 Å². The molecule has 6 heteroatoms. The largest absolute Gasteiger partial charge is 0.498 e. The summed E-state index contributed by atoms with van der Waals surface area (Å²) in [7, 11) is 3.30. The van der Waals surface area contributed by atoms with Crippen LogP contribution in [0.3, 0.4) is 0 Å². The van der Waals surface area contributed by atoms with Crippen molar-refractivity contribution in [1.29, 1.82) is 5.26 Å². The molecule has 1 aromatic carbocycles. The van der Waals surface area contributed by atoms with E-state index in [-0.39, 0.29) is 12.1 Å². The molecule has 2 N–H and O–H groups in total. The fourth-order valence-electron chi connectivity index (χ4n) is 4.82. The Labute approximate surface area is 176 Å². The summed E-state index contributed by atoms with van der Waals surface area (Å²) in [5.74, 6) is -0.153. The molecule has 1 amide bonds. The summed E-state index contributed by atoms with van der Waals surface area (Å²) in [6.07, 6.45) is 4.74. The molecular formula is C24H25N3O3. The maximum atomic E-state index is 11.4. The number of primary amides is 1. The highest BCUT2D eigenvalue weighted by Crippen LogP contribution is 2.50. The van der Waals surface area contributed by atoms with Crippen molar-refractivity contribution in [2.24, 2.45) is 11.7 Å². The second-order valence-corrected chi connectivity index (χ2v) is 7.82. The van der Waals surface area contributed by atoms with Gasteiger partial charge in [-0.05, 0) is 55.7 Å². The van der Waals surface area contributed by atoms with Gasteiger partial charge < -0.3 is 20.1 Å². The Morgan fingerprint density at radius 3 is 2.53 bits per heavy atom. The molecule has 3 atom stereocenters. The summed E-state index contributed by atoms with van der Waals surface area (Å²) in [6.45, 7) is 4.23. The molecule has 1 aliphatic carbocycles. The van der Waals surface area contributed by atoms with Gasteiger partial charge in [-0.3, -0.25) is 4.79 Å². The van der Waals surface area contributed by atoms with Crippen LogP contribution in [0.2, 0.25) is 0 Å². The van der Waals surface area contributed by atoms with E-state index in [1.807, 2.05) is 18.2 Å². The monoisotopic (exact) mass is 403 g/mol. The first-order chi connectivity index (χ1) is 14.4. The van der Waals surface area contributed by atoms with Crippen LogP contribution in [0.1, 0.15) is 36.2 Å². The van der Waals surface area contributed by atoms with Gasteiger partial charge in [0.05, 0.1) is 13.2 Å². The highest BCUT2D eigenvalue weighted by Gasteiger charge is 2.43. The van der Waals surface area contributed by atoms with Crippen molar-refractivity contribution in [3.05, 3.63) is 75.8 Å². The van der Waals surface area contributed by atoms with Gasteiger partial charge in [-0.15, -0.1) is 0 Å². The quantitative estimate of drug-likeness (QED) is 0.831. The number of fused-ring (bicyclic) bond motifs is 2. The lowest BCUT2D eigenvalue weighted by atomic mass is 9.82. The number of carbonyl (C=O) groups excluding carboxylic acids is 1. The Bertz CT molecular complexity index is 1070. The van der Waals surface area contributed by atoms with E-state index in [2.05, 4.69) is 30.9 Å². The number of allylic oxidation sites excluding steroid dienone is 4. The first-order valence-corrected chi connectivity index (χ1v) is 9.94. The van der Waals surface area contributed by atoms with Gasteiger partial charge in [-0.2, -0.15) is 5.26 Å². The van der Waals surface area contributed by atoms with Crippen LogP contribution in [0.4, 0.5) is 0 Å². The molecule has 2 aliphatic heterocycles. The molecule has 30 heavy (non-hydrogen) atoms. The van der Waals surface area contributed by atoms with Gasteiger partial charge >= 0.3 is 0 Å². The SMILES string of the molecule is COC1=CC2=C3C(C#N)C(c4ccc(C(N)=O)cc4)=C(C)N3C(C)CC2=CC1OC. The van der Waals surface area contributed by atoms with Crippen molar-refractivity contribution in [3.8, 4) is 6.07 Å². The number of nitrogens with two attached hydrogens (primary N) is 1. The first-order valence-electron chi connectivity index (χ1n) is 9.94. The average molecular weight is 403 g/mol.